The van der Waals surface area contributed by atoms with Gasteiger partial charge in [0.15, 0.2) is 0 Å². The van der Waals surface area contributed by atoms with Crippen molar-refractivity contribution in [1.82, 2.24) is 0 Å². The van der Waals surface area contributed by atoms with Crippen molar-refractivity contribution in [3.8, 4) is 11.1 Å². The number of allylic oxidation sites excluding steroid dienone is 3. The van der Waals surface area contributed by atoms with Gasteiger partial charge in [-0.15, -0.1) is 0 Å². The molecule has 0 amide bonds. The number of hydrogen-bond acceptors (Lipinski definition) is 3. The Bertz CT molecular complexity index is 1800. The van der Waals surface area contributed by atoms with Gasteiger partial charge < -0.3 is 14.4 Å². The molecule has 0 fully saturated rings. The Morgan fingerprint density at radius 1 is 0.865 bits per heavy atom. The summed E-state index contributed by atoms with van der Waals surface area (Å²) in [5.74, 6) is 1.66. The monoisotopic (exact) mass is 700 g/mol. The van der Waals surface area contributed by atoms with Gasteiger partial charge in [-0.1, -0.05) is 143 Å². The van der Waals surface area contributed by atoms with Gasteiger partial charge >= 0.3 is 0 Å². The number of rotatable bonds is 10. The van der Waals surface area contributed by atoms with E-state index in [9.17, 15) is 0 Å². The van der Waals surface area contributed by atoms with Crippen molar-refractivity contribution in [2.75, 3.05) is 4.90 Å². The molecule has 0 N–H and O–H groups in total. The summed E-state index contributed by atoms with van der Waals surface area (Å²) in [7, 11) is 0. The van der Waals surface area contributed by atoms with Gasteiger partial charge in [-0.2, -0.15) is 0 Å². The van der Waals surface area contributed by atoms with Gasteiger partial charge in [0.25, 0.3) is 0 Å². The minimum absolute atomic E-state index is 0.0307. The van der Waals surface area contributed by atoms with E-state index in [1.54, 1.807) is 0 Å². The molecule has 3 aromatic carbocycles. The lowest BCUT2D eigenvalue weighted by Crippen LogP contribution is -2.42. The summed E-state index contributed by atoms with van der Waals surface area (Å²) in [4.78, 5) is 2.58. The summed E-state index contributed by atoms with van der Waals surface area (Å²) < 4.78 is 14.0. The molecule has 0 aromatic heterocycles. The maximum atomic E-state index is 7.04. The molecule has 278 valence electrons. The zero-order valence-corrected chi connectivity index (χ0v) is 33.9. The van der Waals surface area contributed by atoms with E-state index in [2.05, 4.69) is 147 Å². The number of unbranched alkanes of at least 4 members (excludes halogenated alkanes) is 2. The van der Waals surface area contributed by atoms with Crippen LogP contribution in [0.4, 0.5) is 5.69 Å². The van der Waals surface area contributed by atoms with Crippen LogP contribution in [-0.2, 0) is 22.3 Å². The van der Waals surface area contributed by atoms with E-state index >= 15 is 0 Å². The molecule has 3 aliphatic heterocycles. The van der Waals surface area contributed by atoms with Crippen LogP contribution in [0.2, 0.25) is 0 Å². The molecule has 3 aliphatic rings. The highest BCUT2D eigenvalue weighted by Crippen LogP contribution is 2.51. The van der Waals surface area contributed by atoms with E-state index < -0.39 is 0 Å². The molecule has 3 heteroatoms. The largest absolute Gasteiger partial charge is 0.468 e. The summed E-state index contributed by atoms with van der Waals surface area (Å²) in [5, 5.41) is 0. The van der Waals surface area contributed by atoms with Gasteiger partial charge in [0, 0.05) is 28.3 Å². The quantitative estimate of drug-likeness (QED) is 0.197. The van der Waals surface area contributed by atoms with Gasteiger partial charge in [0.2, 0.25) is 6.29 Å². The fourth-order valence-corrected chi connectivity index (χ4v) is 8.47. The number of ether oxygens (including phenoxy) is 2. The minimum Gasteiger partial charge on any atom is -0.468 e. The third-order valence-electron chi connectivity index (χ3n) is 11.3. The minimum atomic E-state index is -0.364. The zero-order valence-electron chi connectivity index (χ0n) is 33.9. The van der Waals surface area contributed by atoms with Crippen molar-refractivity contribution in [2.24, 2.45) is 16.7 Å². The van der Waals surface area contributed by atoms with Crippen LogP contribution >= 0.6 is 0 Å². The van der Waals surface area contributed by atoms with E-state index in [0.29, 0.717) is 5.92 Å². The molecule has 0 aliphatic carbocycles. The second-order valence-corrected chi connectivity index (χ2v) is 18.2. The summed E-state index contributed by atoms with van der Waals surface area (Å²) in [6.07, 6.45) is 13.1. The molecule has 0 saturated heterocycles. The normalized spacial score (nSPS) is 21.0. The number of nitrogens with zero attached hydrogens (tertiary/aromatic N) is 1. The van der Waals surface area contributed by atoms with Gasteiger partial charge in [-0.25, -0.2) is 0 Å². The number of anilines is 1. The van der Waals surface area contributed by atoms with Crippen LogP contribution in [0.3, 0.4) is 0 Å². The van der Waals surface area contributed by atoms with E-state index in [-0.39, 0.29) is 35.2 Å². The van der Waals surface area contributed by atoms with Crippen LogP contribution in [0.5, 0.6) is 0 Å². The molecule has 6 rings (SSSR count). The second-order valence-electron chi connectivity index (χ2n) is 18.2. The third kappa shape index (κ3) is 8.01. The first-order valence-electron chi connectivity index (χ1n) is 20.3. The Morgan fingerprint density at radius 2 is 1.62 bits per heavy atom. The number of fused-ring (bicyclic) bond motifs is 6. The Labute approximate surface area is 316 Å². The topological polar surface area (TPSA) is 21.7 Å². The van der Waals surface area contributed by atoms with Gasteiger partial charge in [0.05, 0.1) is 12.1 Å². The van der Waals surface area contributed by atoms with Gasteiger partial charge in [-0.05, 0) is 107 Å². The molecule has 0 saturated carbocycles. The molecule has 52 heavy (non-hydrogen) atoms. The smallest absolute Gasteiger partial charge is 0.206 e. The first kappa shape index (κ1) is 38.2. The molecule has 2 unspecified atom stereocenters. The van der Waals surface area contributed by atoms with Crippen molar-refractivity contribution in [2.45, 2.75) is 145 Å². The predicted molar refractivity (Wildman–Crippen MR) is 221 cm³/mol. The fourth-order valence-electron chi connectivity index (χ4n) is 8.47. The lowest BCUT2D eigenvalue weighted by Gasteiger charge is -2.45. The highest BCUT2D eigenvalue weighted by molar-refractivity contribution is 5.86. The Hall–Kier alpha value is -3.56. The zero-order chi connectivity index (χ0) is 37.4. The Morgan fingerprint density at radius 3 is 2.27 bits per heavy atom. The fraction of sp³-hybridized carbons (Fsp3) is 0.510. The summed E-state index contributed by atoms with van der Waals surface area (Å²) in [5.41, 5.74) is 13.3. The third-order valence-corrected chi connectivity index (χ3v) is 11.3. The lowest BCUT2D eigenvalue weighted by molar-refractivity contribution is -0.197. The molecular weight excluding hydrogens is 635 g/mol. The molecule has 0 spiro atoms. The van der Waals surface area contributed by atoms with Crippen molar-refractivity contribution in [3.63, 3.8) is 0 Å². The first-order chi connectivity index (χ1) is 24.7. The molecule has 2 bridgehead atoms. The SMILES string of the molecule is C=C1CCc2cc(CCCCC)cc(c2[C@H](CC)[C@H]2OC(C(C)(C)C)=CC(C(C)(C)C)O2)C2C=C(CC(C)C)c3cc(-c4ccccc4)ccc3N12. The average molecular weight is 700 g/mol. The van der Waals surface area contributed by atoms with Crippen molar-refractivity contribution < 1.29 is 9.47 Å². The van der Waals surface area contributed by atoms with Crippen LogP contribution < -0.4 is 4.90 Å². The highest BCUT2D eigenvalue weighted by Gasteiger charge is 2.42. The van der Waals surface area contributed by atoms with E-state index in [1.165, 1.54) is 75.2 Å². The van der Waals surface area contributed by atoms with Crippen LogP contribution in [0, 0.1) is 16.7 Å². The highest BCUT2D eigenvalue weighted by atomic mass is 16.7. The van der Waals surface area contributed by atoms with E-state index in [1.807, 2.05) is 0 Å². The first-order valence-corrected chi connectivity index (χ1v) is 20.3. The van der Waals surface area contributed by atoms with Crippen LogP contribution in [0.15, 0.2) is 90.9 Å². The molecule has 3 aromatic rings. The molecule has 4 atom stereocenters. The maximum Gasteiger partial charge on any atom is 0.206 e. The molecule has 0 radical (unpaired) electrons. The summed E-state index contributed by atoms with van der Waals surface area (Å²) >= 11 is 0. The predicted octanol–water partition coefficient (Wildman–Crippen LogP) is 13.7. The summed E-state index contributed by atoms with van der Waals surface area (Å²) in [6.45, 7) is 27.7. The van der Waals surface area contributed by atoms with Crippen LogP contribution in [-0.4, -0.2) is 12.4 Å². The van der Waals surface area contributed by atoms with Crippen LogP contribution in [0.1, 0.15) is 148 Å². The van der Waals surface area contributed by atoms with Crippen molar-refractivity contribution in [3.05, 3.63) is 119 Å². The summed E-state index contributed by atoms with van der Waals surface area (Å²) in [6, 6.07) is 23.1. The standard InChI is InChI=1S/C49H65NO2/c1-12-14-16-19-34-27-37-23-22-33(5)50-42-25-24-36(35-20-17-15-18-21-35)29-40(42)38(26-32(3)4)30-43(50)41(28-34)46(37)39(13-2)47-51-44(48(6,7)8)31-45(52-47)49(9,10)11/h15,17-18,20-21,24-25,27-32,39,43-44,47H,5,12-14,16,19,22-23,26H2,1-4,6-11H3/t39-,43?,44?,47+/m0/s1. The molecule has 3 heterocycles. The Kier molecular flexibility index (Phi) is 11.3. The second kappa shape index (κ2) is 15.4. The van der Waals surface area contributed by atoms with Crippen molar-refractivity contribution in [1.29, 1.82) is 0 Å². The average Bonchev–Trinajstić information content (AvgIpc) is 3.10. The number of benzene rings is 3. The lowest BCUT2D eigenvalue weighted by atomic mass is 9.77. The van der Waals surface area contributed by atoms with Gasteiger partial charge in [-0.3, -0.25) is 0 Å². The van der Waals surface area contributed by atoms with Crippen molar-refractivity contribution >= 4 is 11.3 Å². The molecular formula is C49H65NO2. The van der Waals surface area contributed by atoms with E-state index in [0.717, 1.165) is 37.9 Å². The molecule has 3 nitrogen and oxygen atoms in total. The van der Waals surface area contributed by atoms with E-state index in [4.69, 9.17) is 16.1 Å². The van der Waals surface area contributed by atoms with Crippen LogP contribution in [0.25, 0.3) is 16.7 Å². The maximum absolute atomic E-state index is 7.04. The number of aryl methyl sites for hydroxylation is 2. The number of hydrogen-bond donors (Lipinski definition) is 0. The Balaban J connectivity index is 1.55. The van der Waals surface area contributed by atoms with Gasteiger partial charge in [0.1, 0.15) is 5.76 Å².